The van der Waals surface area contributed by atoms with Crippen LogP contribution in [-0.2, 0) is 0 Å². The van der Waals surface area contributed by atoms with Crippen molar-refractivity contribution in [1.29, 1.82) is 0 Å². The molecule has 0 unspecified atom stereocenters. The molecule has 2 aliphatic heterocycles. The first kappa shape index (κ1) is 13.2. The Morgan fingerprint density at radius 2 is 2.09 bits per heavy atom. The Morgan fingerprint density at radius 3 is 2.77 bits per heavy atom. The standard InChI is InChI=1S/C16H17N3O3/c1-9-3-4-12-11(5-9)10(2)13(22-12)14(20)19-7-16(8-19)6-17-15(21)18-16/h3-5H,6-8H2,1-2H3,(H2,17,18,21). The molecule has 2 aliphatic rings. The van der Waals surface area contributed by atoms with Crippen LogP contribution in [0.25, 0.3) is 11.0 Å². The van der Waals surface area contributed by atoms with Gasteiger partial charge in [0.05, 0.1) is 5.54 Å². The van der Waals surface area contributed by atoms with E-state index >= 15 is 0 Å². The van der Waals surface area contributed by atoms with Crippen LogP contribution in [0.4, 0.5) is 4.79 Å². The second-order valence-electron chi connectivity index (χ2n) is 6.31. The zero-order valence-electron chi connectivity index (χ0n) is 12.5. The van der Waals surface area contributed by atoms with Crippen molar-refractivity contribution in [2.24, 2.45) is 0 Å². The van der Waals surface area contributed by atoms with E-state index in [1.165, 1.54) is 0 Å². The summed E-state index contributed by atoms with van der Waals surface area (Å²) in [7, 11) is 0. The Bertz CT molecular complexity index is 802. The first-order valence-electron chi connectivity index (χ1n) is 7.32. The van der Waals surface area contributed by atoms with Crippen molar-refractivity contribution in [3.63, 3.8) is 0 Å². The largest absolute Gasteiger partial charge is 0.451 e. The molecule has 3 amide bonds. The molecule has 0 aliphatic carbocycles. The number of aryl methyl sites for hydroxylation is 2. The van der Waals surface area contributed by atoms with Crippen LogP contribution >= 0.6 is 0 Å². The molecule has 6 nitrogen and oxygen atoms in total. The van der Waals surface area contributed by atoms with Crippen molar-refractivity contribution in [3.05, 3.63) is 35.1 Å². The summed E-state index contributed by atoms with van der Waals surface area (Å²) in [5.74, 6) is 0.283. The molecule has 1 aromatic heterocycles. The second-order valence-corrected chi connectivity index (χ2v) is 6.31. The number of fused-ring (bicyclic) bond motifs is 1. The van der Waals surface area contributed by atoms with Crippen molar-refractivity contribution in [2.45, 2.75) is 19.4 Å². The van der Waals surface area contributed by atoms with E-state index in [2.05, 4.69) is 10.6 Å². The van der Waals surface area contributed by atoms with Gasteiger partial charge in [-0.15, -0.1) is 0 Å². The van der Waals surface area contributed by atoms with Gasteiger partial charge in [-0.05, 0) is 26.0 Å². The fourth-order valence-corrected chi connectivity index (χ4v) is 3.28. The van der Waals surface area contributed by atoms with Crippen LogP contribution in [0.1, 0.15) is 21.7 Å². The molecule has 0 bridgehead atoms. The van der Waals surface area contributed by atoms with Gasteiger partial charge in [0.25, 0.3) is 5.91 Å². The lowest BCUT2D eigenvalue weighted by molar-refractivity contribution is 0.0368. The molecule has 2 N–H and O–H groups in total. The topological polar surface area (TPSA) is 74.6 Å². The van der Waals surface area contributed by atoms with Gasteiger partial charge in [-0.25, -0.2) is 4.79 Å². The van der Waals surface area contributed by atoms with Gasteiger partial charge in [0.1, 0.15) is 5.58 Å². The minimum atomic E-state index is -0.302. The van der Waals surface area contributed by atoms with Crippen molar-refractivity contribution < 1.29 is 14.0 Å². The molecule has 6 heteroatoms. The maximum absolute atomic E-state index is 12.6. The van der Waals surface area contributed by atoms with Gasteiger partial charge in [0.15, 0.2) is 5.76 Å². The van der Waals surface area contributed by atoms with Crippen LogP contribution < -0.4 is 10.6 Å². The first-order valence-corrected chi connectivity index (χ1v) is 7.32. The number of furan rings is 1. The van der Waals surface area contributed by atoms with Gasteiger partial charge < -0.3 is 20.0 Å². The van der Waals surface area contributed by atoms with Crippen molar-refractivity contribution in [3.8, 4) is 0 Å². The lowest BCUT2D eigenvalue weighted by atomic mass is 9.90. The molecule has 0 saturated carbocycles. The van der Waals surface area contributed by atoms with Crippen LogP contribution in [0.15, 0.2) is 22.6 Å². The number of amides is 3. The van der Waals surface area contributed by atoms with Crippen LogP contribution in [0, 0.1) is 13.8 Å². The molecule has 4 rings (SSSR count). The monoisotopic (exact) mass is 299 g/mol. The average molecular weight is 299 g/mol. The Hall–Kier alpha value is -2.50. The number of carbonyl (C=O) groups excluding carboxylic acids is 2. The lowest BCUT2D eigenvalue weighted by Crippen LogP contribution is -2.70. The van der Waals surface area contributed by atoms with E-state index in [1.54, 1.807) is 4.90 Å². The highest BCUT2D eigenvalue weighted by atomic mass is 16.3. The molecule has 114 valence electrons. The third-order valence-electron chi connectivity index (χ3n) is 4.53. The summed E-state index contributed by atoms with van der Waals surface area (Å²) in [6.45, 7) is 5.52. The predicted octanol–water partition coefficient (Wildman–Crippen LogP) is 1.56. The van der Waals surface area contributed by atoms with Crippen LogP contribution in [0.5, 0.6) is 0 Å². The summed E-state index contributed by atoms with van der Waals surface area (Å²) in [6, 6.07) is 5.73. The van der Waals surface area contributed by atoms with E-state index in [9.17, 15) is 9.59 Å². The number of likely N-dealkylation sites (tertiary alicyclic amines) is 1. The van der Waals surface area contributed by atoms with E-state index in [1.807, 2.05) is 32.0 Å². The van der Waals surface area contributed by atoms with Gasteiger partial charge in [-0.1, -0.05) is 11.6 Å². The van der Waals surface area contributed by atoms with E-state index in [0.717, 1.165) is 22.1 Å². The third kappa shape index (κ3) is 1.80. The number of hydrogen-bond acceptors (Lipinski definition) is 3. The number of urea groups is 1. The summed E-state index contributed by atoms with van der Waals surface area (Å²) in [4.78, 5) is 25.6. The number of nitrogens with one attached hydrogen (secondary N) is 2. The fourth-order valence-electron chi connectivity index (χ4n) is 3.28. The van der Waals surface area contributed by atoms with Crippen LogP contribution in [-0.4, -0.2) is 42.0 Å². The zero-order chi connectivity index (χ0) is 15.5. The Labute approximate surface area is 127 Å². The molecule has 3 heterocycles. The number of hydrogen-bond donors (Lipinski definition) is 2. The van der Waals surface area contributed by atoms with E-state index in [0.29, 0.717) is 25.4 Å². The van der Waals surface area contributed by atoms with Crippen LogP contribution in [0.3, 0.4) is 0 Å². The second kappa shape index (κ2) is 4.25. The fraction of sp³-hybridized carbons (Fsp3) is 0.375. The zero-order valence-corrected chi connectivity index (χ0v) is 12.5. The minimum Gasteiger partial charge on any atom is -0.451 e. The van der Waals surface area contributed by atoms with Crippen LogP contribution in [0.2, 0.25) is 0 Å². The van der Waals surface area contributed by atoms with Gasteiger partial charge in [0, 0.05) is 30.6 Å². The Morgan fingerprint density at radius 1 is 1.32 bits per heavy atom. The number of rotatable bonds is 1. The number of nitrogens with zero attached hydrogens (tertiary/aromatic N) is 1. The molecule has 1 spiro atoms. The maximum Gasteiger partial charge on any atom is 0.315 e. The van der Waals surface area contributed by atoms with Crippen molar-refractivity contribution in [1.82, 2.24) is 15.5 Å². The molecule has 2 fully saturated rings. The smallest absolute Gasteiger partial charge is 0.315 e. The summed E-state index contributed by atoms with van der Waals surface area (Å²) in [5.41, 5.74) is 2.44. The molecule has 0 atom stereocenters. The van der Waals surface area contributed by atoms with E-state index in [4.69, 9.17) is 4.42 Å². The van der Waals surface area contributed by atoms with Crippen molar-refractivity contribution >= 4 is 22.9 Å². The highest BCUT2D eigenvalue weighted by molar-refractivity contribution is 5.99. The Kier molecular flexibility index (Phi) is 2.55. The molecule has 1 aromatic carbocycles. The first-order chi connectivity index (χ1) is 10.5. The third-order valence-corrected chi connectivity index (χ3v) is 4.53. The molecular formula is C16H17N3O3. The van der Waals surface area contributed by atoms with Gasteiger partial charge >= 0.3 is 6.03 Å². The van der Waals surface area contributed by atoms with Crippen molar-refractivity contribution in [2.75, 3.05) is 19.6 Å². The van der Waals surface area contributed by atoms with E-state index in [-0.39, 0.29) is 17.5 Å². The summed E-state index contributed by atoms with van der Waals surface area (Å²) in [5, 5.41) is 6.60. The molecule has 2 saturated heterocycles. The minimum absolute atomic E-state index is 0.113. The SMILES string of the molecule is Cc1ccc2oc(C(=O)N3CC4(CNC(=O)N4)C3)c(C)c2c1. The van der Waals surface area contributed by atoms with Gasteiger partial charge in [-0.3, -0.25) is 4.79 Å². The normalized spacial score (nSPS) is 19.2. The van der Waals surface area contributed by atoms with Gasteiger partial charge in [-0.2, -0.15) is 0 Å². The maximum atomic E-state index is 12.6. The number of benzene rings is 1. The molecule has 0 radical (unpaired) electrons. The van der Waals surface area contributed by atoms with E-state index < -0.39 is 0 Å². The highest BCUT2D eigenvalue weighted by Crippen LogP contribution is 2.30. The quantitative estimate of drug-likeness (QED) is 0.839. The number of carbonyl (C=O) groups is 2. The average Bonchev–Trinajstić information content (AvgIpc) is 2.99. The molecular weight excluding hydrogens is 282 g/mol. The van der Waals surface area contributed by atoms with Gasteiger partial charge in [0.2, 0.25) is 0 Å². The highest BCUT2D eigenvalue weighted by Gasteiger charge is 2.50. The lowest BCUT2D eigenvalue weighted by Gasteiger charge is -2.46. The summed E-state index contributed by atoms with van der Waals surface area (Å²) < 4.78 is 5.75. The summed E-state index contributed by atoms with van der Waals surface area (Å²) >= 11 is 0. The Balaban J connectivity index is 1.59. The summed E-state index contributed by atoms with van der Waals surface area (Å²) in [6.07, 6.45) is 0. The molecule has 2 aromatic rings. The molecule has 22 heavy (non-hydrogen) atoms. The predicted molar refractivity (Wildman–Crippen MR) is 80.9 cm³/mol.